The van der Waals surface area contributed by atoms with Gasteiger partial charge in [0.25, 0.3) is 0 Å². The number of fused-ring (bicyclic) bond motifs is 1. The van der Waals surface area contributed by atoms with E-state index in [1.165, 1.54) is 21.2 Å². The Morgan fingerprint density at radius 3 is 2.74 bits per heavy atom. The highest BCUT2D eigenvalue weighted by Crippen LogP contribution is 2.48. The van der Waals surface area contributed by atoms with Gasteiger partial charge in [-0.1, -0.05) is 37.7 Å². The molecular formula is C22H30N2O2S. The fourth-order valence-corrected chi connectivity index (χ4v) is 4.54. The zero-order valence-corrected chi connectivity index (χ0v) is 17.8. The van der Waals surface area contributed by atoms with E-state index >= 15 is 0 Å². The Labute approximate surface area is 166 Å². The van der Waals surface area contributed by atoms with E-state index in [4.69, 9.17) is 9.73 Å². The van der Waals surface area contributed by atoms with Gasteiger partial charge in [-0.3, -0.25) is 9.79 Å². The van der Waals surface area contributed by atoms with Crippen molar-refractivity contribution in [3.8, 4) is 0 Å². The lowest BCUT2D eigenvalue weighted by molar-refractivity contribution is -0.154. The summed E-state index contributed by atoms with van der Waals surface area (Å²) in [5.41, 5.74) is 3.39. The van der Waals surface area contributed by atoms with E-state index in [-0.39, 0.29) is 11.4 Å². The SMILES string of the molecule is CC1(C)CC(=NCCCC(=O)OC(C)(C)C)C2=C(C1)Nc1ccccc1S2. The molecule has 1 aromatic rings. The first-order valence-electron chi connectivity index (χ1n) is 9.66. The minimum absolute atomic E-state index is 0.144. The number of ether oxygens (including phenoxy) is 1. The summed E-state index contributed by atoms with van der Waals surface area (Å²) in [4.78, 5) is 19.3. The molecule has 0 saturated heterocycles. The Hall–Kier alpha value is -1.75. The van der Waals surface area contributed by atoms with Crippen LogP contribution < -0.4 is 5.32 Å². The molecule has 1 heterocycles. The number of hydrogen-bond acceptors (Lipinski definition) is 5. The number of hydrogen-bond donors (Lipinski definition) is 1. The first kappa shape index (κ1) is 20.0. The molecule has 2 aliphatic rings. The lowest BCUT2D eigenvalue weighted by atomic mass is 9.78. The Morgan fingerprint density at radius 2 is 2.00 bits per heavy atom. The van der Waals surface area contributed by atoms with Crippen LogP contribution in [0.15, 0.2) is 44.8 Å². The van der Waals surface area contributed by atoms with E-state index in [1.807, 2.05) is 32.5 Å². The van der Waals surface area contributed by atoms with E-state index < -0.39 is 5.60 Å². The molecule has 0 radical (unpaired) electrons. The first-order chi connectivity index (χ1) is 12.6. The molecule has 1 N–H and O–H groups in total. The molecule has 0 atom stereocenters. The van der Waals surface area contributed by atoms with Crippen molar-refractivity contribution in [1.82, 2.24) is 0 Å². The fraction of sp³-hybridized carbons (Fsp3) is 0.545. The Bertz CT molecular complexity index is 788. The van der Waals surface area contributed by atoms with Crippen LogP contribution in [0.3, 0.4) is 0 Å². The summed E-state index contributed by atoms with van der Waals surface area (Å²) in [7, 11) is 0. The molecule has 0 bridgehead atoms. The van der Waals surface area contributed by atoms with Crippen LogP contribution in [0, 0.1) is 5.41 Å². The normalized spacial score (nSPS) is 20.0. The predicted molar refractivity (Wildman–Crippen MR) is 113 cm³/mol. The second-order valence-electron chi connectivity index (χ2n) is 9.07. The summed E-state index contributed by atoms with van der Waals surface area (Å²) in [5.74, 6) is -0.144. The summed E-state index contributed by atoms with van der Waals surface area (Å²) >= 11 is 1.82. The van der Waals surface area contributed by atoms with E-state index in [2.05, 4.69) is 43.4 Å². The number of carbonyl (C=O) groups is 1. The van der Waals surface area contributed by atoms with Crippen molar-refractivity contribution < 1.29 is 9.53 Å². The van der Waals surface area contributed by atoms with Crippen molar-refractivity contribution in [2.24, 2.45) is 10.4 Å². The molecule has 0 spiro atoms. The smallest absolute Gasteiger partial charge is 0.306 e. The topological polar surface area (TPSA) is 50.7 Å². The van der Waals surface area contributed by atoms with Gasteiger partial charge in [-0.15, -0.1) is 0 Å². The molecule has 0 saturated carbocycles. The Kier molecular flexibility index (Phi) is 5.71. The molecular weight excluding hydrogens is 356 g/mol. The molecule has 4 nitrogen and oxygen atoms in total. The molecule has 3 rings (SSSR count). The highest BCUT2D eigenvalue weighted by Gasteiger charge is 2.34. The van der Waals surface area contributed by atoms with Crippen LogP contribution in [-0.2, 0) is 9.53 Å². The van der Waals surface area contributed by atoms with Crippen LogP contribution in [0.4, 0.5) is 5.69 Å². The van der Waals surface area contributed by atoms with Crippen molar-refractivity contribution in [3.05, 3.63) is 34.9 Å². The van der Waals surface area contributed by atoms with Gasteiger partial charge in [-0.2, -0.15) is 0 Å². The maximum absolute atomic E-state index is 11.9. The average Bonchev–Trinajstić information content (AvgIpc) is 2.54. The van der Waals surface area contributed by atoms with E-state index in [9.17, 15) is 4.79 Å². The highest BCUT2D eigenvalue weighted by atomic mass is 32.2. The zero-order valence-electron chi connectivity index (χ0n) is 17.0. The summed E-state index contributed by atoms with van der Waals surface area (Å²) < 4.78 is 5.38. The third kappa shape index (κ3) is 5.38. The van der Waals surface area contributed by atoms with Gasteiger partial charge < -0.3 is 10.1 Å². The van der Waals surface area contributed by atoms with Crippen LogP contribution in [0.1, 0.15) is 60.3 Å². The molecule has 0 fully saturated rings. The predicted octanol–water partition coefficient (Wildman–Crippen LogP) is 5.80. The minimum Gasteiger partial charge on any atom is -0.460 e. The second-order valence-corrected chi connectivity index (χ2v) is 10.1. The lowest BCUT2D eigenvalue weighted by Crippen LogP contribution is -2.29. The van der Waals surface area contributed by atoms with Gasteiger partial charge >= 0.3 is 5.97 Å². The number of allylic oxidation sites excluding steroid dienone is 2. The summed E-state index contributed by atoms with van der Waals surface area (Å²) in [6.07, 6.45) is 3.13. The van der Waals surface area contributed by atoms with E-state index in [1.54, 1.807) is 0 Å². The number of anilines is 1. The number of para-hydroxylation sites is 1. The summed E-state index contributed by atoms with van der Waals surface area (Å²) in [5, 5.41) is 3.62. The Morgan fingerprint density at radius 1 is 1.26 bits per heavy atom. The lowest BCUT2D eigenvalue weighted by Gasteiger charge is -2.37. The van der Waals surface area contributed by atoms with Gasteiger partial charge in [-0.25, -0.2) is 0 Å². The number of benzene rings is 1. The molecule has 0 unspecified atom stereocenters. The molecule has 5 heteroatoms. The monoisotopic (exact) mass is 386 g/mol. The highest BCUT2D eigenvalue weighted by molar-refractivity contribution is 8.04. The number of thioether (sulfide) groups is 1. The van der Waals surface area contributed by atoms with Crippen molar-refractivity contribution in [2.75, 3.05) is 11.9 Å². The Balaban J connectivity index is 1.68. The summed E-state index contributed by atoms with van der Waals surface area (Å²) in [6.45, 7) is 10.9. The average molecular weight is 387 g/mol. The van der Waals surface area contributed by atoms with Crippen molar-refractivity contribution >= 4 is 29.1 Å². The van der Waals surface area contributed by atoms with Gasteiger partial charge in [-0.05, 0) is 57.6 Å². The van der Waals surface area contributed by atoms with Crippen molar-refractivity contribution in [1.29, 1.82) is 0 Å². The summed E-state index contributed by atoms with van der Waals surface area (Å²) in [6, 6.07) is 8.42. The first-order valence-corrected chi connectivity index (χ1v) is 10.5. The molecule has 27 heavy (non-hydrogen) atoms. The van der Waals surface area contributed by atoms with Crippen molar-refractivity contribution in [3.63, 3.8) is 0 Å². The number of rotatable bonds is 4. The van der Waals surface area contributed by atoms with E-state index in [0.717, 1.165) is 25.0 Å². The molecule has 146 valence electrons. The van der Waals surface area contributed by atoms with Gasteiger partial charge in [0.2, 0.25) is 0 Å². The molecule has 0 amide bonds. The zero-order chi connectivity index (χ0) is 19.7. The molecule has 1 aliphatic heterocycles. The van der Waals surface area contributed by atoms with Gasteiger partial charge in [0, 0.05) is 23.6 Å². The third-order valence-corrected chi connectivity index (χ3v) is 5.75. The van der Waals surface area contributed by atoms with Crippen LogP contribution in [0.5, 0.6) is 0 Å². The number of carbonyl (C=O) groups excluding carboxylic acids is 1. The maximum atomic E-state index is 11.9. The van der Waals surface area contributed by atoms with Gasteiger partial charge in [0.05, 0.1) is 16.3 Å². The van der Waals surface area contributed by atoms with Gasteiger partial charge in [0.15, 0.2) is 0 Å². The van der Waals surface area contributed by atoms with Crippen LogP contribution in [-0.4, -0.2) is 23.8 Å². The van der Waals surface area contributed by atoms with Crippen LogP contribution >= 0.6 is 11.8 Å². The second kappa shape index (κ2) is 7.70. The van der Waals surface area contributed by atoms with Crippen molar-refractivity contribution in [2.45, 2.75) is 70.8 Å². The fourth-order valence-electron chi connectivity index (χ4n) is 3.44. The standard InChI is InChI=1S/C22H30N2O2S/c1-21(2,3)26-19(25)11-8-12-23-16-13-22(4,5)14-17-20(16)27-18-10-7-6-9-15(18)24-17/h6-7,9-10,24H,8,11-14H2,1-5H3. The van der Waals surface area contributed by atoms with E-state index in [0.29, 0.717) is 13.0 Å². The number of nitrogens with one attached hydrogen (secondary N) is 1. The van der Waals surface area contributed by atoms with Gasteiger partial charge in [0.1, 0.15) is 5.60 Å². The van der Waals surface area contributed by atoms with Crippen LogP contribution in [0.2, 0.25) is 0 Å². The molecule has 1 aromatic carbocycles. The largest absolute Gasteiger partial charge is 0.460 e. The molecule has 0 aromatic heterocycles. The number of aliphatic imine (C=N–C) groups is 1. The quantitative estimate of drug-likeness (QED) is 0.525. The number of esters is 1. The number of nitrogens with zero attached hydrogens (tertiary/aromatic N) is 1. The third-order valence-electron chi connectivity index (χ3n) is 4.48. The minimum atomic E-state index is -0.423. The molecule has 1 aliphatic carbocycles. The maximum Gasteiger partial charge on any atom is 0.306 e. The van der Waals surface area contributed by atoms with Crippen LogP contribution in [0.25, 0.3) is 0 Å².